The van der Waals surface area contributed by atoms with Gasteiger partial charge in [-0.05, 0) is 31.5 Å². The highest BCUT2D eigenvalue weighted by Crippen LogP contribution is 2.40. The molecule has 104 valence electrons. The summed E-state index contributed by atoms with van der Waals surface area (Å²) in [6, 6.07) is 9.82. The summed E-state index contributed by atoms with van der Waals surface area (Å²) in [5.41, 5.74) is 1.59. The highest BCUT2D eigenvalue weighted by atomic mass is 32.2. The minimum absolute atomic E-state index is 0.745. The molecule has 0 amide bonds. The molecule has 1 unspecified atom stereocenters. The van der Waals surface area contributed by atoms with Crippen LogP contribution in [0.4, 0.5) is 0 Å². The van der Waals surface area contributed by atoms with E-state index in [1.807, 2.05) is 11.8 Å². The summed E-state index contributed by atoms with van der Waals surface area (Å²) in [5, 5.41) is 0. The molecule has 3 rings (SSSR count). The molecule has 0 bridgehead atoms. The zero-order valence-electron chi connectivity index (χ0n) is 12.0. The zero-order valence-corrected chi connectivity index (χ0v) is 12.8. The third-order valence-electron chi connectivity index (χ3n) is 4.76. The van der Waals surface area contributed by atoms with Gasteiger partial charge in [-0.15, -0.1) is 11.8 Å². The average Bonchev–Trinajstić information content (AvgIpc) is 2.66. The van der Waals surface area contributed by atoms with E-state index in [1.54, 1.807) is 5.56 Å². The lowest BCUT2D eigenvalue weighted by Gasteiger charge is -2.29. The third-order valence-corrected chi connectivity index (χ3v) is 6.01. The first-order chi connectivity index (χ1) is 9.34. The van der Waals surface area contributed by atoms with E-state index in [0.29, 0.717) is 0 Å². The molecule has 0 aromatic heterocycles. The summed E-state index contributed by atoms with van der Waals surface area (Å²) < 4.78 is 0. The van der Waals surface area contributed by atoms with Crippen molar-refractivity contribution in [1.82, 2.24) is 4.90 Å². The average molecular weight is 275 g/mol. The predicted molar refractivity (Wildman–Crippen MR) is 84.0 cm³/mol. The van der Waals surface area contributed by atoms with Crippen LogP contribution in [-0.4, -0.2) is 30.3 Å². The molecule has 0 radical (unpaired) electrons. The molecular weight excluding hydrogens is 250 g/mol. The van der Waals surface area contributed by atoms with Crippen molar-refractivity contribution in [3.63, 3.8) is 0 Å². The molecule has 1 nitrogen and oxygen atoms in total. The van der Waals surface area contributed by atoms with Gasteiger partial charge in [0.05, 0.1) is 0 Å². The molecule has 0 spiro atoms. The summed E-state index contributed by atoms with van der Waals surface area (Å²) in [5.74, 6) is 2.02. The minimum Gasteiger partial charge on any atom is -0.303 e. The Hall–Kier alpha value is -0.470. The fourth-order valence-electron chi connectivity index (χ4n) is 3.58. The lowest BCUT2D eigenvalue weighted by atomic mass is 9.99. The molecule has 1 aromatic rings. The zero-order chi connectivity index (χ0) is 13.1. The molecule has 1 aliphatic carbocycles. The standard InChI is InChI=1S/C17H25NS/c1-18(15-8-4-2-3-5-9-15)12-14-13-19-17-11-7-6-10-16(14)17/h6-7,10-11,14-15H,2-5,8-9,12-13H2,1H3. The Morgan fingerprint density at radius 1 is 1.11 bits per heavy atom. The largest absolute Gasteiger partial charge is 0.303 e. The van der Waals surface area contributed by atoms with Crippen LogP contribution in [0.15, 0.2) is 29.2 Å². The summed E-state index contributed by atoms with van der Waals surface area (Å²) >= 11 is 2.04. The molecule has 1 aliphatic heterocycles. The summed E-state index contributed by atoms with van der Waals surface area (Å²) in [7, 11) is 2.35. The van der Waals surface area contributed by atoms with Crippen LogP contribution in [-0.2, 0) is 0 Å². The molecule has 19 heavy (non-hydrogen) atoms. The first kappa shape index (κ1) is 13.5. The summed E-state index contributed by atoms with van der Waals surface area (Å²) in [4.78, 5) is 4.17. The van der Waals surface area contributed by atoms with Crippen LogP contribution < -0.4 is 0 Å². The van der Waals surface area contributed by atoms with E-state index in [9.17, 15) is 0 Å². The van der Waals surface area contributed by atoms with Crippen LogP contribution in [0.5, 0.6) is 0 Å². The highest BCUT2D eigenvalue weighted by Gasteiger charge is 2.26. The SMILES string of the molecule is CN(CC1CSc2ccccc21)C1CCCCCC1. The molecule has 1 saturated carbocycles. The number of fused-ring (bicyclic) bond motifs is 1. The van der Waals surface area contributed by atoms with Gasteiger partial charge in [0.25, 0.3) is 0 Å². The third kappa shape index (κ3) is 3.17. The first-order valence-corrected chi connectivity index (χ1v) is 8.75. The van der Waals surface area contributed by atoms with Gasteiger partial charge < -0.3 is 4.90 Å². The maximum absolute atomic E-state index is 2.65. The predicted octanol–water partition coefficient (Wildman–Crippen LogP) is 4.53. The van der Waals surface area contributed by atoms with E-state index < -0.39 is 0 Å². The topological polar surface area (TPSA) is 3.24 Å². The Bertz CT molecular complexity index is 409. The van der Waals surface area contributed by atoms with E-state index in [4.69, 9.17) is 0 Å². The van der Waals surface area contributed by atoms with Gasteiger partial charge in [-0.25, -0.2) is 0 Å². The second-order valence-electron chi connectivity index (χ2n) is 6.13. The molecule has 1 atom stereocenters. The van der Waals surface area contributed by atoms with Gasteiger partial charge in [-0.2, -0.15) is 0 Å². The van der Waals surface area contributed by atoms with Crippen LogP contribution in [0.2, 0.25) is 0 Å². The number of rotatable bonds is 3. The molecule has 2 aliphatic rings. The molecular formula is C17H25NS. The fourth-order valence-corrected chi connectivity index (χ4v) is 4.82. The van der Waals surface area contributed by atoms with Gasteiger partial charge in [0.2, 0.25) is 0 Å². The molecule has 1 heterocycles. The highest BCUT2D eigenvalue weighted by molar-refractivity contribution is 7.99. The number of thioether (sulfide) groups is 1. The maximum Gasteiger partial charge on any atom is 0.0108 e. The van der Waals surface area contributed by atoms with Crippen molar-refractivity contribution in [2.45, 2.75) is 55.4 Å². The smallest absolute Gasteiger partial charge is 0.0108 e. The monoisotopic (exact) mass is 275 g/mol. The van der Waals surface area contributed by atoms with Crippen molar-refractivity contribution in [3.05, 3.63) is 29.8 Å². The summed E-state index contributed by atoms with van der Waals surface area (Å²) in [6.45, 7) is 1.24. The summed E-state index contributed by atoms with van der Waals surface area (Å²) in [6.07, 6.45) is 8.60. The van der Waals surface area contributed by atoms with Gasteiger partial charge in [0.1, 0.15) is 0 Å². The van der Waals surface area contributed by atoms with E-state index in [-0.39, 0.29) is 0 Å². The van der Waals surface area contributed by atoms with Gasteiger partial charge in [-0.3, -0.25) is 0 Å². The lowest BCUT2D eigenvalue weighted by Crippen LogP contribution is -2.34. The van der Waals surface area contributed by atoms with Crippen molar-refractivity contribution < 1.29 is 0 Å². The molecule has 0 N–H and O–H groups in total. The number of hydrogen-bond donors (Lipinski definition) is 0. The second kappa shape index (κ2) is 6.32. The van der Waals surface area contributed by atoms with Crippen LogP contribution >= 0.6 is 11.8 Å². The van der Waals surface area contributed by atoms with Crippen molar-refractivity contribution in [2.75, 3.05) is 19.3 Å². The Morgan fingerprint density at radius 2 is 1.84 bits per heavy atom. The van der Waals surface area contributed by atoms with E-state index in [1.165, 1.54) is 55.7 Å². The maximum atomic E-state index is 2.65. The Labute approximate surface area is 121 Å². The van der Waals surface area contributed by atoms with Crippen LogP contribution in [0.1, 0.15) is 50.0 Å². The van der Waals surface area contributed by atoms with Gasteiger partial charge >= 0.3 is 0 Å². The normalized spacial score (nSPS) is 24.4. The van der Waals surface area contributed by atoms with Gasteiger partial charge in [-0.1, -0.05) is 43.9 Å². The first-order valence-electron chi connectivity index (χ1n) is 7.76. The fraction of sp³-hybridized carbons (Fsp3) is 0.647. The van der Waals surface area contributed by atoms with Gasteiger partial charge in [0, 0.05) is 29.2 Å². The number of likely N-dealkylation sites (N-methyl/N-ethyl adjacent to an activating group) is 1. The van der Waals surface area contributed by atoms with Crippen molar-refractivity contribution in [2.24, 2.45) is 0 Å². The minimum atomic E-state index is 0.745. The Kier molecular flexibility index (Phi) is 4.49. The van der Waals surface area contributed by atoms with Crippen molar-refractivity contribution in [1.29, 1.82) is 0 Å². The number of benzene rings is 1. The molecule has 0 saturated heterocycles. The van der Waals surface area contributed by atoms with E-state index >= 15 is 0 Å². The molecule has 2 heteroatoms. The molecule has 1 aromatic carbocycles. The Balaban J connectivity index is 1.62. The van der Waals surface area contributed by atoms with E-state index in [0.717, 1.165) is 12.0 Å². The van der Waals surface area contributed by atoms with Crippen molar-refractivity contribution in [3.8, 4) is 0 Å². The molecule has 1 fully saturated rings. The second-order valence-corrected chi connectivity index (χ2v) is 7.19. The van der Waals surface area contributed by atoms with Crippen molar-refractivity contribution >= 4 is 11.8 Å². The van der Waals surface area contributed by atoms with Gasteiger partial charge in [0.15, 0.2) is 0 Å². The van der Waals surface area contributed by atoms with Crippen LogP contribution in [0.25, 0.3) is 0 Å². The quantitative estimate of drug-likeness (QED) is 0.746. The van der Waals surface area contributed by atoms with Crippen LogP contribution in [0.3, 0.4) is 0 Å². The van der Waals surface area contributed by atoms with Crippen LogP contribution in [0, 0.1) is 0 Å². The number of nitrogens with zero attached hydrogens (tertiary/aromatic N) is 1. The van der Waals surface area contributed by atoms with E-state index in [2.05, 4.69) is 36.2 Å². The Morgan fingerprint density at radius 3 is 2.63 bits per heavy atom. The lowest BCUT2D eigenvalue weighted by molar-refractivity contribution is 0.212. The number of hydrogen-bond acceptors (Lipinski definition) is 2.